The van der Waals surface area contributed by atoms with Crippen molar-refractivity contribution in [1.82, 2.24) is 5.32 Å². The zero-order chi connectivity index (χ0) is 21.0. The monoisotopic (exact) mass is 439 g/mol. The number of urea groups is 1. The van der Waals surface area contributed by atoms with E-state index in [0.717, 1.165) is 11.4 Å². The van der Waals surface area contributed by atoms with E-state index in [1.807, 2.05) is 0 Å². The van der Waals surface area contributed by atoms with Crippen molar-refractivity contribution in [1.29, 1.82) is 0 Å². The number of oxime groups is 1. The van der Waals surface area contributed by atoms with Crippen LogP contribution in [0.5, 0.6) is 0 Å². The highest BCUT2D eigenvalue weighted by Crippen LogP contribution is 2.44. The van der Waals surface area contributed by atoms with Crippen LogP contribution in [0.25, 0.3) is 0 Å². The molecule has 0 aliphatic carbocycles. The number of hydrogen-bond acceptors (Lipinski definition) is 3. The van der Waals surface area contributed by atoms with E-state index in [2.05, 4.69) is 9.99 Å². The molecular weight excluding hydrogens is 427 g/mol. The highest BCUT2D eigenvalue weighted by atomic mass is 35.5. The van der Waals surface area contributed by atoms with Gasteiger partial charge in [-0.25, -0.2) is 4.79 Å². The van der Waals surface area contributed by atoms with E-state index in [4.69, 9.17) is 23.2 Å². The Morgan fingerprint density at radius 1 is 1.15 bits per heavy atom. The predicted octanol–water partition coefficient (Wildman–Crippen LogP) is 5.51. The Morgan fingerprint density at radius 2 is 1.70 bits per heavy atom. The van der Waals surface area contributed by atoms with E-state index in [1.54, 1.807) is 5.32 Å². The highest BCUT2D eigenvalue weighted by molar-refractivity contribution is 6.65. The molecule has 0 saturated heterocycles. The Hall–Kier alpha value is -1.88. The van der Waals surface area contributed by atoms with Crippen LogP contribution in [0.4, 0.5) is 36.8 Å². The van der Waals surface area contributed by atoms with Gasteiger partial charge in [-0.1, -0.05) is 48.3 Å². The first-order valence-corrected chi connectivity index (χ1v) is 7.85. The molecule has 0 unspecified atom stereocenters. The number of halogens is 8. The number of nitrogens with zero attached hydrogens (tertiary/aromatic N) is 1. The number of carbonyl (C=O) groups is 1. The second-order valence-corrected chi connectivity index (χ2v) is 6.25. The average molecular weight is 440 g/mol. The molecule has 2 N–H and O–H groups in total. The minimum atomic E-state index is -6.12. The number of anilines is 1. The Bertz CT molecular complexity index is 693. The van der Waals surface area contributed by atoms with Crippen molar-refractivity contribution < 1.29 is 36.0 Å². The fraction of sp³-hybridized carbons (Fsp3) is 0.429. The molecule has 0 aliphatic heterocycles. The van der Waals surface area contributed by atoms with Gasteiger partial charge in [-0.15, -0.1) is 0 Å². The fourth-order valence-corrected chi connectivity index (χ4v) is 1.76. The normalized spacial score (nSPS) is 13.5. The van der Waals surface area contributed by atoms with Gasteiger partial charge in [-0.3, -0.25) is 5.32 Å². The lowest BCUT2D eigenvalue weighted by atomic mass is 10.2. The largest absolute Gasteiger partial charge is 0.461 e. The van der Waals surface area contributed by atoms with Crippen molar-refractivity contribution in [2.24, 2.45) is 11.1 Å². The number of amides is 2. The second-order valence-electron chi connectivity index (χ2n) is 5.43. The molecule has 0 heterocycles. The van der Waals surface area contributed by atoms with Crippen LogP contribution >= 0.6 is 23.2 Å². The Kier molecular flexibility index (Phi) is 7.23. The third kappa shape index (κ3) is 5.80. The standard InChI is InChI=1S/C14H13Cl2F6N3O2/c1-7(2)10(16)25-27-12(13(17,18)19,14(20,21)22)24-11(26)23-9-5-3-4-8(15)6-9/h3-7H,1-2H3,(H2,23,24,26)/b25-10-. The SMILES string of the molecule is CC(C)/C(Cl)=N/OC(NC(=O)Nc1cccc(Cl)c1)(C(F)(F)F)C(F)(F)F. The summed E-state index contributed by atoms with van der Waals surface area (Å²) in [5.41, 5.74) is -5.28. The van der Waals surface area contributed by atoms with Gasteiger partial charge in [0.05, 0.1) is 0 Å². The van der Waals surface area contributed by atoms with Crippen molar-refractivity contribution in [3.63, 3.8) is 0 Å². The summed E-state index contributed by atoms with van der Waals surface area (Å²) in [6.07, 6.45) is -12.2. The maximum absolute atomic E-state index is 13.3. The maximum Gasteiger partial charge on any atom is 0.461 e. The van der Waals surface area contributed by atoms with E-state index < -0.39 is 35.2 Å². The van der Waals surface area contributed by atoms with E-state index in [1.165, 1.54) is 32.0 Å². The molecule has 0 atom stereocenters. The molecule has 0 spiro atoms. The topological polar surface area (TPSA) is 62.7 Å². The van der Waals surface area contributed by atoms with E-state index in [0.29, 0.717) is 0 Å². The molecule has 1 aromatic carbocycles. The lowest BCUT2D eigenvalue weighted by molar-refractivity contribution is -0.388. The van der Waals surface area contributed by atoms with Gasteiger partial charge in [0.2, 0.25) is 0 Å². The van der Waals surface area contributed by atoms with Crippen LogP contribution in [0.2, 0.25) is 5.02 Å². The molecule has 1 aromatic rings. The number of hydrogen-bond donors (Lipinski definition) is 2. The summed E-state index contributed by atoms with van der Waals surface area (Å²) >= 11 is 11.1. The molecule has 0 fully saturated rings. The molecule has 0 aliphatic rings. The zero-order valence-electron chi connectivity index (χ0n) is 13.7. The molecule has 13 heteroatoms. The number of alkyl halides is 6. The van der Waals surface area contributed by atoms with Gasteiger partial charge < -0.3 is 10.2 Å². The summed E-state index contributed by atoms with van der Waals surface area (Å²) in [4.78, 5) is 15.5. The summed E-state index contributed by atoms with van der Waals surface area (Å²) in [6, 6.07) is 3.15. The van der Waals surface area contributed by atoms with Crippen LogP contribution in [-0.4, -0.2) is 29.3 Å². The van der Waals surface area contributed by atoms with Crippen LogP contribution in [0, 0.1) is 5.92 Å². The van der Waals surface area contributed by atoms with Crippen molar-refractivity contribution in [3.05, 3.63) is 29.3 Å². The Labute approximate surface area is 159 Å². The predicted molar refractivity (Wildman–Crippen MR) is 87.7 cm³/mol. The number of rotatable bonds is 5. The van der Waals surface area contributed by atoms with Gasteiger partial charge in [-0.2, -0.15) is 26.3 Å². The molecule has 1 rings (SSSR count). The number of nitrogens with one attached hydrogen (secondary N) is 2. The first kappa shape index (κ1) is 23.2. The van der Waals surface area contributed by atoms with E-state index in [-0.39, 0.29) is 10.7 Å². The summed E-state index contributed by atoms with van der Waals surface area (Å²) in [6.45, 7) is 2.72. The smallest absolute Gasteiger partial charge is 0.346 e. The molecular formula is C14H13Cl2F6N3O2. The molecule has 0 aromatic heterocycles. The molecule has 27 heavy (non-hydrogen) atoms. The van der Waals surface area contributed by atoms with Crippen molar-refractivity contribution >= 4 is 40.1 Å². The second kappa shape index (κ2) is 8.42. The molecule has 5 nitrogen and oxygen atoms in total. The Balaban J connectivity index is 3.23. The quantitative estimate of drug-likeness (QED) is 0.275. The van der Waals surface area contributed by atoms with Crippen LogP contribution in [-0.2, 0) is 4.84 Å². The van der Waals surface area contributed by atoms with E-state index >= 15 is 0 Å². The van der Waals surface area contributed by atoms with Crippen LogP contribution in [0.1, 0.15) is 13.8 Å². The van der Waals surface area contributed by atoms with Gasteiger partial charge >= 0.3 is 24.1 Å². The van der Waals surface area contributed by atoms with Crippen LogP contribution < -0.4 is 10.6 Å². The van der Waals surface area contributed by atoms with Gasteiger partial charge in [0.15, 0.2) is 0 Å². The highest BCUT2D eigenvalue weighted by Gasteiger charge is 2.76. The molecule has 0 bridgehead atoms. The van der Waals surface area contributed by atoms with Crippen molar-refractivity contribution in [2.75, 3.05) is 5.32 Å². The lowest BCUT2D eigenvalue weighted by Crippen LogP contribution is -2.69. The fourth-order valence-electron chi connectivity index (χ4n) is 1.53. The Morgan fingerprint density at radius 3 is 2.15 bits per heavy atom. The molecule has 2 amide bonds. The maximum atomic E-state index is 13.3. The number of benzene rings is 1. The minimum absolute atomic E-state index is 0.0928. The van der Waals surface area contributed by atoms with Gasteiger partial charge in [0, 0.05) is 16.6 Å². The van der Waals surface area contributed by atoms with Gasteiger partial charge in [0.25, 0.3) is 0 Å². The summed E-state index contributed by atoms with van der Waals surface area (Å²) in [7, 11) is 0. The average Bonchev–Trinajstić information content (AvgIpc) is 2.48. The molecule has 152 valence electrons. The van der Waals surface area contributed by atoms with Crippen molar-refractivity contribution in [2.45, 2.75) is 31.9 Å². The first-order chi connectivity index (χ1) is 12.2. The van der Waals surface area contributed by atoms with Gasteiger partial charge in [-0.05, 0) is 18.2 Å². The third-order valence-electron chi connectivity index (χ3n) is 2.92. The van der Waals surface area contributed by atoms with E-state index in [9.17, 15) is 31.1 Å². The zero-order valence-corrected chi connectivity index (χ0v) is 15.2. The van der Waals surface area contributed by atoms with Gasteiger partial charge in [0.1, 0.15) is 5.17 Å². The van der Waals surface area contributed by atoms with Crippen molar-refractivity contribution in [3.8, 4) is 0 Å². The summed E-state index contributed by atoms with van der Waals surface area (Å²) in [5.74, 6) is -0.717. The summed E-state index contributed by atoms with van der Waals surface area (Å²) in [5, 5.41) is 4.65. The summed E-state index contributed by atoms with van der Waals surface area (Å²) < 4.78 is 79.6. The third-order valence-corrected chi connectivity index (χ3v) is 3.66. The molecule has 0 saturated carbocycles. The van der Waals surface area contributed by atoms with Crippen LogP contribution in [0.3, 0.4) is 0 Å². The minimum Gasteiger partial charge on any atom is -0.346 e. The first-order valence-electron chi connectivity index (χ1n) is 7.09. The lowest BCUT2D eigenvalue weighted by Gasteiger charge is -2.34. The number of carbonyl (C=O) groups excluding carboxylic acids is 1. The van der Waals surface area contributed by atoms with Crippen LogP contribution in [0.15, 0.2) is 29.4 Å². The molecule has 0 radical (unpaired) electrons.